The Morgan fingerprint density at radius 2 is 1.72 bits per heavy atom. The Bertz CT molecular complexity index is 1020. The lowest BCUT2D eigenvalue weighted by Gasteiger charge is -2.42. The van der Waals surface area contributed by atoms with Crippen LogP contribution in [0.5, 0.6) is 0 Å². The zero-order valence-electron chi connectivity index (χ0n) is 16.1. The van der Waals surface area contributed by atoms with Crippen molar-refractivity contribution in [1.29, 1.82) is 0 Å². The SMILES string of the molecule is O=C(NC(c1cccc(F)c1Cl)C1(O)CCC(F)(F)CC1)c1ccnc(C(F)(F)F)c1Cl. The number of nitrogens with zero attached hydrogens (tertiary/aromatic N) is 1. The summed E-state index contributed by atoms with van der Waals surface area (Å²) in [6.45, 7) is 0. The number of aromatic nitrogens is 1. The average Bonchev–Trinajstić information content (AvgIpc) is 2.70. The van der Waals surface area contributed by atoms with Gasteiger partial charge >= 0.3 is 6.18 Å². The van der Waals surface area contributed by atoms with Gasteiger partial charge in [-0.15, -0.1) is 0 Å². The molecule has 0 bridgehead atoms. The number of nitrogens with one attached hydrogen (secondary N) is 1. The van der Waals surface area contributed by atoms with Gasteiger partial charge < -0.3 is 10.4 Å². The second-order valence-corrected chi connectivity index (χ2v) is 8.28. The van der Waals surface area contributed by atoms with E-state index in [-0.39, 0.29) is 5.56 Å². The number of halogens is 8. The van der Waals surface area contributed by atoms with Crippen LogP contribution in [0.1, 0.15) is 53.3 Å². The van der Waals surface area contributed by atoms with E-state index in [1.807, 2.05) is 0 Å². The molecular weight excluding hydrogens is 485 g/mol. The number of amides is 1. The first-order valence-electron chi connectivity index (χ1n) is 9.32. The molecule has 1 aliphatic rings. The molecule has 0 aliphatic heterocycles. The summed E-state index contributed by atoms with van der Waals surface area (Å²) in [5.74, 6) is -5.09. The summed E-state index contributed by atoms with van der Waals surface area (Å²) in [6.07, 6.45) is -6.59. The Kier molecular flexibility index (Phi) is 6.70. The minimum absolute atomic E-state index is 0.117. The van der Waals surface area contributed by atoms with Crippen molar-refractivity contribution in [2.75, 3.05) is 0 Å². The topological polar surface area (TPSA) is 62.2 Å². The molecule has 1 atom stereocenters. The standard InChI is InChI=1S/C20H16Cl2F6N2O2/c21-13-10(2-1-3-12(13)23)15(18(32)5-7-19(24,25)8-6-18)30-17(31)11-4-9-29-16(14(11)22)20(26,27)28/h1-4,9,15,32H,5-8H2,(H,30,31). The monoisotopic (exact) mass is 500 g/mol. The van der Waals surface area contributed by atoms with Crippen LogP contribution in [-0.2, 0) is 6.18 Å². The molecule has 2 N–H and O–H groups in total. The summed E-state index contributed by atoms with van der Waals surface area (Å²) in [5, 5.41) is 12.0. The fourth-order valence-electron chi connectivity index (χ4n) is 3.61. The van der Waals surface area contributed by atoms with E-state index < -0.39 is 82.5 Å². The third kappa shape index (κ3) is 4.97. The molecule has 1 aromatic carbocycles. The zero-order valence-corrected chi connectivity index (χ0v) is 17.6. The van der Waals surface area contributed by atoms with Gasteiger partial charge in [-0.3, -0.25) is 9.78 Å². The van der Waals surface area contributed by atoms with E-state index in [1.165, 1.54) is 12.1 Å². The summed E-state index contributed by atoms with van der Waals surface area (Å²) in [6, 6.07) is 2.94. The first-order valence-corrected chi connectivity index (χ1v) is 10.1. The van der Waals surface area contributed by atoms with Gasteiger partial charge in [-0.1, -0.05) is 35.3 Å². The number of pyridine rings is 1. The van der Waals surface area contributed by atoms with Crippen LogP contribution in [0, 0.1) is 5.82 Å². The highest BCUT2D eigenvalue weighted by Gasteiger charge is 2.48. The van der Waals surface area contributed by atoms with Gasteiger partial charge in [0.05, 0.1) is 27.3 Å². The molecule has 1 amide bonds. The second kappa shape index (κ2) is 8.72. The number of alkyl halides is 5. The van der Waals surface area contributed by atoms with Gasteiger partial charge in [0, 0.05) is 19.0 Å². The van der Waals surface area contributed by atoms with Crippen molar-refractivity contribution in [3.8, 4) is 0 Å². The Morgan fingerprint density at radius 1 is 1.09 bits per heavy atom. The van der Waals surface area contributed by atoms with E-state index in [1.54, 1.807) is 0 Å². The van der Waals surface area contributed by atoms with Crippen LogP contribution in [-0.4, -0.2) is 27.5 Å². The molecule has 1 aliphatic carbocycles. The molecule has 1 unspecified atom stereocenters. The average molecular weight is 501 g/mol. The van der Waals surface area contributed by atoms with E-state index in [0.717, 1.165) is 18.3 Å². The maximum atomic E-state index is 14.1. The van der Waals surface area contributed by atoms with Crippen molar-refractivity contribution in [3.05, 3.63) is 63.1 Å². The highest BCUT2D eigenvalue weighted by Crippen LogP contribution is 2.46. The smallest absolute Gasteiger partial charge is 0.387 e. The maximum absolute atomic E-state index is 14.1. The lowest BCUT2D eigenvalue weighted by molar-refractivity contribution is -0.141. The van der Waals surface area contributed by atoms with Gasteiger partial charge in [0.1, 0.15) is 5.82 Å². The van der Waals surface area contributed by atoms with E-state index in [9.17, 15) is 36.2 Å². The van der Waals surface area contributed by atoms with E-state index in [0.29, 0.717) is 0 Å². The minimum atomic E-state index is -4.94. The van der Waals surface area contributed by atoms with Crippen LogP contribution in [0.15, 0.2) is 30.5 Å². The molecule has 1 fully saturated rings. The van der Waals surface area contributed by atoms with Gasteiger partial charge in [0.15, 0.2) is 5.69 Å². The van der Waals surface area contributed by atoms with Gasteiger partial charge in [0.25, 0.3) is 5.91 Å². The zero-order chi connectivity index (χ0) is 23.9. The molecular formula is C20H16Cl2F6N2O2. The molecule has 1 aromatic heterocycles. The Morgan fingerprint density at radius 3 is 2.31 bits per heavy atom. The molecule has 174 valence electrons. The normalized spacial score (nSPS) is 18.8. The van der Waals surface area contributed by atoms with E-state index >= 15 is 0 Å². The quantitative estimate of drug-likeness (QED) is 0.509. The Balaban J connectivity index is 2.02. The van der Waals surface area contributed by atoms with Crippen molar-refractivity contribution in [3.63, 3.8) is 0 Å². The first kappa shape index (κ1) is 24.6. The number of benzene rings is 1. The fourth-order valence-corrected chi connectivity index (χ4v) is 4.15. The van der Waals surface area contributed by atoms with Crippen LogP contribution in [0.25, 0.3) is 0 Å². The Hall–Kier alpha value is -2.04. The van der Waals surface area contributed by atoms with Gasteiger partial charge in [-0.25, -0.2) is 13.2 Å². The predicted octanol–water partition coefficient (Wildman–Crippen LogP) is 5.96. The molecule has 2 aromatic rings. The summed E-state index contributed by atoms with van der Waals surface area (Å²) in [4.78, 5) is 16.0. The summed E-state index contributed by atoms with van der Waals surface area (Å²) in [5.41, 5.74) is -4.20. The van der Waals surface area contributed by atoms with Crippen LogP contribution in [0.2, 0.25) is 10.0 Å². The molecule has 1 saturated carbocycles. The third-order valence-electron chi connectivity index (χ3n) is 5.35. The molecule has 32 heavy (non-hydrogen) atoms. The summed E-state index contributed by atoms with van der Waals surface area (Å²) >= 11 is 11.7. The predicted molar refractivity (Wildman–Crippen MR) is 104 cm³/mol. The van der Waals surface area contributed by atoms with Crippen molar-refractivity contribution in [2.24, 2.45) is 0 Å². The highest BCUT2D eigenvalue weighted by atomic mass is 35.5. The number of carbonyl (C=O) groups is 1. The van der Waals surface area contributed by atoms with Crippen LogP contribution >= 0.6 is 23.2 Å². The maximum Gasteiger partial charge on any atom is 0.434 e. The largest absolute Gasteiger partial charge is 0.434 e. The van der Waals surface area contributed by atoms with Crippen molar-refractivity contribution in [1.82, 2.24) is 10.3 Å². The van der Waals surface area contributed by atoms with Gasteiger partial charge in [0.2, 0.25) is 5.92 Å². The molecule has 12 heteroatoms. The van der Waals surface area contributed by atoms with Gasteiger partial charge in [-0.05, 0) is 30.5 Å². The molecule has 0 radical (unpaired) electrons. The lowest BCUT2D eigenvalue weighted by Crippen LogP contribution is -2.50. The number of rotatable bonds is 4. The lowest BCUT2D eigenvalue weighted by atomic mass is 9.75. The van der Waals surface area contributed by atoms with Crippen molar-refractivity contribution < 1.29 is 36.2 Å². The van der Waals surface area contributed by atoms with E-state index in [2.05, 4.69) is 10.3 Å². The molecule has 4 nitrogen and oxygen atoms in total. The van der Waals surface area contributed by atoms with Gasteiger partial charge in [-0.2, -0.15) is 13.2 Å². The first-order chi connectivity index (χ1) is 14.8. The van der Waals surface area contributed by atoms with Crippen LogP contribution < -0.4 is 5.32 Å². The second-order valence-electron chi connectivity index (χ2n) is 7.53. The van der Waals surface area contributed by atoms with Crippen molar-refractivity contribution >= 4 is 29.1 Å². The Labute approximate surface area is 188 Å². The molecule has 0 saturated heterocycles. The number of carbonyl (C=O) groups excluding carboxylic acids is 1. The minimum Gasteiger partial charge on any atom is -0.387 e. The number of hydrogen-bond donors (Lipinski definition) is 2. The molecule has 0 spiro atoms. The number of hydrogen-bond acceptors (Lipinski definition) is 3. The van der Waals surface area contributed by atoms with Crippen LogP contribution in [0.4, 0.5) is 26.3 Å². The fraction of sp³-hybridized carbons (Fsp3) is 0.400. The summed E-state index contributed by atoms with van der Waals surface area (Å²) in [7, 11) is 0. The van der Waals surface area contributed by atoms with Crippen LogP contribution in [0.3, 0.4) is 0 Å². The third-order valence-corrected chi connectivity index (χ3v) is 6.14. The van der Waals surface area contributed by atoms with Crippen molar-refractivity contribution in [2.45, 2.75) is 49.4 Å². The molecule has 1 heterocycles. The number of aliphatic hydroxyl groups is 1. The van der Waals surface area contributed by atoms with E-state index in [4.69, 9.17) is 23.2 Å². The highest BCUT2D eigenvalue weighted by molar-refractivity contribution is 6.34. The molecule has 3 rings (SSSR count). The summed E-state index contributed by atoms with van der Waals surface area (Å²) < 4.78 is 80.7.